The number of nitrogens with one attached hydrogen (secondary N) is 2. The van der Waals surface area contributed by atoms with Crippen molar-refractivity contribution in [2.45, 2.75) is 115 Å². The Morgan fingerprint density at radius 1 is 0.903 bits per heavy atom. The Hall–Kier alpha value is -0.510. The highest BCUT2D eigenvalue weighted by molar-refractivity contribution is 4.91. The SMILES string of the molecule is CC(NC(O)C(C)(F)F)C(C(O)NC1CCCC(C(F)(F)F)C1)C1CCCCC[C@@H]1C. The highest BCUT2D eigenvalue weighted by atomic mass is 19.4. The average Bonchev–Trinajstić information content (AvgIpc) is 2.85. The van der Waals surface area contributed by atoms with Gasteiger partial charge in [0.05, 0.1) is 5.92 Å². The third kappa shape index (κ3) is 7.79. The molecule has 9 heteroatoms. The van der Waals surface area contributed by atoms with Crippen molar-refractivity contribution in [2.75, 3.05) is 0 Å². The van der Waals surface area contributed by atoms with Gasteiger partial charge >= 0.3 is 6.18 Å². The summed E-state index contributed by atoms with van der Waals surface area (Å²) in [5, 5.41) is 26.5. The van der Waals surface area contributed by atoms with Crippen molar-refractivity contribution in [2.24, 2.45) is 23.7 Å². The third-order valence-electron chi connectivity index (χ3n) is 7.31. The second kappa shape index (κ2) is 11.1. The highest BCUT2D eigenvalue weighted by Gasteiger charge is 2.44. The van der Waals surface area contributed by atoms with E-state index < -0.39 is 48.5 Å². The number of aliphatic hydroxyl groups is 2. The molecule has 2 aliphatic rings. The topological polar surface area (TPSA) is 64.5 Å². The van der Waals surface area contributed by atoms with Crippen LogP contribution in [0, 0.1) is 23.7 Å². The van der Waals surface area contributed by atoms with Gasteiger partial charge in [-0.05, 0) is 44.4 Å². The zero-order valence-corrected chi connectivity index (χ0v) is 18.8. The van der Waals surface area contributed by atoms with Gasteiger partial charge in [0.2, 0.25) is 0 Å². The number of hydrogen-bond acceptors (Lipinski definition) is 4. The van der Waals surface area contributed by atoms with Gasteiger partial charge in [0.25, 0.3) is 5.92 Å². The van der Waals surface area contributed by atoms with Crippen molar-refractivity contribution in [1.29, 1.82) is 0 Å². The van der Waals surface area contributed by atoms with E-state index >= 15 is 0 Å². The van der Waals surface area contributed by atoms with Crippen LogP contribution < -0.4 is 10.6 Å². The molecule has 7 unspecified atom stereocenters. The molecule has 0 bridgehead atoms. The maximum absolute atomic E-state index is 13.6. The third-order valence-corrected chi connectivity index (χ3v) is 7.31. The summed E-state index contributed by atoms with van der Waals surface area (Å²) in [6.45, 7) is 4.35. The molecule has 2 aliphatic carbocycles. The minimum atomic E-state index is -4.26. The summed E-state index contributed by atoms with van der Waals surface area (Å²) >= 11 is 0. The van der Waals surface area contributed by atoms with Crippen molar-refractivity contribution < 1.29 is 32.2 Å². The smallest absolute Gasteiger partial charge is 0.378 e. The van der Waals surface area contributed by atoms with Crippen molar-refractivity contribution >= 4 is 0 Å². The second-order valence-electron chi connectivity index (χ2n) is 9.88. The van der Waals surface area contributed by atoms with Crippen LogP contribution in [0.25, 0.3) is 0 Å². The van der Waals surface area contributed by atoms with Crippen LogP contribution in [0.3, 0.4) is 0 Å². The molecule has 2 fully saturated rings. The summed E-state index contributed by atoms with van der Waals surface area (Å²) in [5.74, 6) is -5.02. The number of aliphatic hydroxyl groups excluding tert-OH is 2. The molecule has 2 saturated carbocycles. The monoisotopic (exact) mass is 458 g/mol. The molecule has 0 aromatic carbocycles. The predicted octanol–water partition coefficient (Wildman–Crippen LogP) is 4.80. The molecule has 0 spiro atoms. The summed E-state index contributed by atoms with van der Waals surface area (Å²) in [7, 11) is 0. The molecular weight excluding hydrogens is 419 g/mol. The number of hydrogen-bond donors (Lipinski definition) is 4. The lowest BCUT2D eigenvalue weighted by Gasteiger charge is -2.42. The number of rotatable bonds is 8. The largest absolute Gasteiger partial charge is 0.391 e. The molecule has 4 N–H and O–H groups in total. The van der Waals surface area contributed by atoms with Gasteiger partial charge in [-0.15, -0.1) is 0 Å². The van der Waals surface area contributed by atoms with E-state index in [4.69, 9.17) is 0 Å². The molecule has 4 nitrogen and oxygen atoms in total. The Bertz CT molecular complexity index is 543. The Morgan fingerprint density at radius 2 is 1.55 bits per heavy atom. The van der Waals surface area contributed by atoms with E-state index in [9.17, 15) is 32.2 Å². The summed E-state index contributed by atoms with van der Waals surface area (Å²) in [6, 6.07) is -1.14. The summed E-state index contributed by atoms with van der Waals surface area (Å²) in [5.41, 5.74) is 0. The molecule has 0 radical (unpaired) electrons. The van der Waals surface area contributed by atoms with Gasteiger partial charge < -0.3 is 10.2 Å². The van der Waals surface area contributed by atoms with Crippen molar-refractivity contribution in [1.82, 2.24) is 10.6 Å². The first-order chi connectivity index (χ1) is 14.3. The maximum Gasteiger partial charge on any atom is 0.391 e. The van der Waals surface area contributed by atoms with Gasteiger partial charge in [-0.25, -0.2) is 8.78 Å². The molecule has 0 saturated heterocycles. The normalized spacial score (nSPS) is 32.7. The van der Waals surface area contributed by atoms with E-state index in [-0.39, 0.29) is 24.7 Å². The van der Waals surface area contributed by atoms with E-state index in [1.807, 2.05) is 0 Å². The molecule has 184 valence electrons. The van der Waals surface area contributed by atoms with Gasteiger partial charge in [0.1, 0.15) is 6.23 Å². The fourth-order valence-electron chi connectivity index (χ4n) is 5.47. The fraction of sp³-hybridized carbons (Fsp3) is 1.00. The molecule has 0 aliphatic heterocycles. The number of alkyl halides is 5. The van der Waals surface area contributed by atoms with Crippen LogP contribution in [-0.2, 0) is 0 Å². The first-order valence-electron chi connectivity index (χ1n) is 11.6. The van der Waals surface area contributed by atoms with E-state index in [0.717, 1.165) is 32.1 Å². The van der Waals surface area contributed by atoms with Crippen LogP contribution in [0.2, 0.25) is 0 Å². The molecule has 0 heterocycles. The molecule has 0 aromatic rings. The van der Waals surface area contributed by atoms with E-state index in [0.29, 0.717) is 19.8 Å². The van der Waals surface area contributed by atoms with Gasteiger partial charge in [0, 0.05) is 24.9 Å². The Kier molecular flexibility index (Phi) is 9.55. The van der Waals surface area contributed by atoms with Crippen LogP contribution >= 0.6 is 0 Å². The van der Waals surface area contributed by atoms with Crippen molar-refractivity contribution in [3.05, 3.63) is 0 Å². The van der Waals surface area contributed by atoms with Crippen molar-refractivity contribution in [3.63, 3.8) is 0 Å². The highest BCUT2D eigenvalue weighted by Crippen LogP contribution is 2.40. The zero-order valence-electron chi connectivity index (χ0n) is 18.8. The summed E-state index contributed by atoms with van der Waals surface area (Å²) in [4.78, 5) is 0. The lowest BCUT2D eigenvalue weighted by atomic mass is 9.74. The maximum atomic E-state index is 13.6. The minimum Gasteiger partial charge on any atom is -0.378 e. The van der Waals surface area contributed by atoms with E-state index in [1.54, 1.807) is 6.92 Å². The molecule has 31 heavy (non-hydrogen) atoms. The first kappa shape index (κ1) is 26.7. The summed E-state index contributed by atoms with van der Waals surface area (Å²) < 4.78 is 66.7. The quantitative estimate of drug-likeness (QED) is 0.240. The van der Waals surface area contributed by atoms with Gasteiger partial charge in [-0.2, -0.15) is 13.2 Å². The van der Waals surface area contributed by atoms with Crippen LogP contribution in [-0.4, -0.2) is 46.9 Å². The van der Waals surface area contributed by atoms with E-state index in [2.05, 4.69) is 17.6 Å². The minimum absolute atomic E-state index is 0.00665. The van der Waals surface area contributed by atoms with Crippen molar-refractivity contribution in [3.8, 4) is 0 Å². The van der Waals surface area contributed by atoms with Crippen LogP contribution in [0.5, 0.6) is 0 Å². The van der Waals surface area contributed by atoms with Crippen LogP contribution in [0.1, 0.15) is 78.6 Å². The molecule has 0 aromatic heterocycles. The lowest BCUT2D eigenvalue weighted by Crippen LogP contribution is -2.57. The molecular formula is C22H39F5N2O2. The van der Waals surface area contributed by atoms with Crippen LogP contribution in [0.15, 0.2) is 0 Å². The van der Waals surface area contributed by atoms with Gasteiger partial charge in [0.15, 0.2) is 6.23 Å². The number of halogens is 5. The molecule has 8 atom stereocenters. The predicted molar refractivity (Wildman–Crippen MR) is 109 cm³/mol. The standard InChI is InChI=1S/C22H39F5N2O2/c1-13-8-5-4-6-11-17(13)18(14(2)28-20(31)21(3,23)24)19(30)29-16-10-7-9-15(12-16)22(25,26)27/h13-20,28-31H,4-12H2,1-3H3/t13-,14?,15?,16?,17?,18?,19?,20?/m0/s1. The zero-order chi connectivity index (χ0) is 23.4. The van der Waals surface area contributed by atoms with E-state index in [1.165, 1.54) is 0 Å². The second-order valence-corrected chi connectivity index (χ2v) is 9.88. The fourth-order valence-corrected chi connectivity index (χ4v) is 5.47. The molecule has 2 rings (SSSR count). The Balaban J connectivity index is 2.16. The van der Waals surface area contributed by atoms with Gasteiger partial charge in [-0.1, -0.05) is 39.0 Å². The lowest BCUT2D eigenvalue weighted by molar-refractivity contribution is -0.185. The van der Waals surface area contributed by atoms with Gasteiger partial charge in [-0.3, -0.25) is 10.6 Å². The average molecular weight is 459 g/mol. The molecule has 0 amide bonds. The Morgan fingerprint density at radius 3 is 2.16 bits per heavy atom. The van der Waals surface area contributed by atoms with Crippen LogP contribution in [0.4, 0.5) is 22.0 Å². The first-order valence-corrected chi connectivity index (χ1v) is 11.6. The Labute approximate surface area is 182 Å². The summed E-state index contributed by atoms with van der Waals surface area (Å²) in [6.07, 6.45) is -1.68.